The third-order valence-electron chi connectivity index (χ3n) is 2.58. The molecule has 0 bridgehead atoms. The molecule has 0 aliphatic heterocycles. The number of amides is 1. The Morgan fingerprint density at radius 1 is 1.44 bits per heavy atom. The van der Waals surface area contributed by atoms with Crippen LogP contribution in [0.1, 0.15) is 10.4 Å². The number of nitrogen functional groups attached to an aromatic ring is 1. The summed E-state index contributed by atoms with van der Waals surface area (Å²) < 4.78 is 6.59. The van der Waals surface area contributed by atoms with Gasteiger partial charge in [-0.1, -0.05) is 12.1 Å². The van der Waals surface area contributed by atoms with E-state index in [0.717, 1.165) is 0 Å². The number of hydrogen-bond acceptors (Lipinski definition) is 4. The number of anilines is 2. The number of rotatable bonds is 3. The molecule has 1 amide bonds. The van der Waals surface area contributed by atoms with Gasteiger partial charge in [0.25, 0.3) is 5.91 Å². The molecule has 0 fully saturated rings. The van der Waals surface area contributed by atoms with Gasteiger partial charge >= 0.3 is 0 Å². The van der Waals surface area contributed by atoms with E-state index in [4.69, 9.17) is 10.5 Å². The molecule has 2 aromatic rings. The fourth-order valence-electron chi connectivity index (χ4n) is 1.56. The number of carbonyl (C=O) groups excluding carboxylic acids is 1. The minimum absolute atomic E-state index is 0.315. The van der Waals surface area contributed by atoms with Gasteiger partial charge < -0.3 is 15.8 Å². The number of carbonyl (C=O) groups is 1. The summed E-state index contributed by atoms with van der Waals surface area (Å²) in [5.74, 6) is 0.598. The van der Waals surface area contributed by atoms with Gasteiger partial charge in [-0.15, -0.1) is 0 Å². The lowest BCUT2D eigenvalue weighted by atomic mass is 10.2. The maximum absolute atomic E-state index is 12.0. The smallest absolute Gasteiger partial charge is 0.261 e. The van der Waals surface area contributed by atoms with E-state index >= 15 is 0 Å². The first-order chi connectivity index (χ1) is 8.63. The standard InChI is InChI=1S/C12H14N4O2/c1-16-11(13)8(7-14-16)12(17)15-9-5-3-4-6-10(9)18-2/h3-7H,13H2,1-2H3,(H,15,17). The first-order valence-electron chi connectivity index (χ1n) is 5.35. The Bertz CT molecular complexity index is 577. The third-order valence-corrected chi connectivity index (χ3v) is 2.58. The van der Waals surface area contributed by atoms with Gasteiger partial charge in [-0.3, -0.25) is 9.48 Å². The number of benzene rings is 1. The molecule has 6 heteroatoms. The zero-order valence-electron chi connectivity index (χ0n) is 10.2. The molecule has 0 saturated carbocycles. The first-order valence-corrected chi connectivity index (χ1v) is 5.35. The van der Waals surface area contributed by atoms with Crippen LogP contribution in [0.3, 0.4) is 0 Å². The molecule has 18 heavy (non-hydrogen) atoms. The van der Waals surface area contributed by atoms with E-state index in [2.05, 4.69) is 10.4 Å². The molecular formula is C12H14N4O2. The van der Waals surface area contributed by atoms with Crippen molar-refractivity contribution in [2.75, 3.05) is 18.2 Å². The topological polar surface area (TPSA) is 82.2 Å². The molecule has 0 saturated heterocycles. The number of aromatic nitrogens is 2. The zero-order chi connectivity index (χ0) is 13.1. The van der Waals surface area contributed by atoms with Crippen molar-refractivity contribution >= 4 is 17.4 Å². The van der Waals surface area contributed by atoms with Crippen LogP contribution in [0.25, 0.3) is 0 Å². The van der Waals surface area contributed by atoms with Gasteiger partial charge in [0.2, 0.25) is 0 Å². The van der Waals surface area contributed by atoms with Gasteiger partial charge in [-0.2, -0.15) is 5.10 Å². The Labute approximate surface area is 104 Å². The third kappa shape index (κ3) is 2.13. The summed E-state index contributed by atoms with van der Waals surface area (Å²) in [5, 5.41) is 6.66. The highest BCUT2D eigenvalue weighted by Crippen LogP contribution is 2.24. The van der Waals surface area contributed by atoms with Crippen molar-refractivity contribution in [3.8, 4) is 5.75 Å². The van der Waals surface area contributed by atoms with Crippen LogP contribution in [0.4, 0.5) is 11.5 Å². The van der Waals surface area contributed by atoms with Crippen molar-refractivity contribution in [2.45, 2.75) is 0 Å². The summed E-state index contributed by atoms with van der Waals surface area (Å²) in [5.41, 5.74) is 6.66. The first kappa shape index (κ1) is 12.0. The second-order valence-corrected chi connectivity index (χ2v) is 3.72. The molecular weight excluding hydrogens is 232 g/mol. The molecule has 1 heterocycles. The zero-order valence-corrected chi connectivity index (χ0v) is 10.2. The van der Waals surface area contributed by atoms with Crippen molar-refractivity contribution < 1.29 is 9.53 Å². The van der Waals surface area contributed by atoms with Gasteiger partial charge in [0.05, 0.1) is 19.0 Å². The predicted molar refractivity (Wildman–Crippen MR) is 68.6 cm³/mol. The average molecular weight is 246 g/mol. The van der Waals surface area contributed by atoms with Crippen LogP contribution in [0, 0.1) is 0 Å². The molecule has 3 N–H and O–H groups in total. The van der Waals surface area contributed by atoms with E-state index in [1.165, 1.54) is 10.9 Å². The molecule has 1 aromatic heterocycles. The van der Waals surface area contributed by atoms with Gasteiger partial charge in [-0.05, 0) is 12.1 Å². The Balaban J connectivity index is 2.24. The highest BCUT2D eigenvalue weighted by atomic mass is 16.5. The summed E-state index contributed by atoms with van der Waals surface area (Å²) in [4.78, 5) is 12.0. The van der Waals surface area contributed by atoms with E-state index in [1.807, 2.05) is 12.1 Å². The normalized spacial score (nSPS) is 10.1. The van der Waals surface area contributed by atoms with Crippen LogP contribution in [0.5, 0.6) is 5.75 Å². The van der Waals surface area contributed by atoms with Gasteiger partial charge in [0, 0.05) is 7.05 Å². The number of ether oxygens (including phenoxy) is 1. The Kier molecular flexibility index (Phi) is 3.18. The SMILES string of the molecule is COc1ccccc1NC(=O)c1cnn(C)c1N. The van der Waals surface area contributed by atoms with E-state index < -0.39 is 0 Å². The predicted octanol–water partition coefficient (Wildman–Crippen LogP) is 1.26. The number of nitrogens with two attached hydrogens (primary N) is 1. The van der Waals surface area contributed by atoms with E-state index in [0.29, 0.717) is 22.8 Å². The number of aryl methyl sites for hydroxylation is 1. The highest BCUT2D eigenvalue weighted by Gasteiger charge is 2.15. The van der Waals surface area contributed by atoms with Crippen LogP contribution in [0.2, 0.25) is 0 Å². The fourth-order valence-corrected chi connectivity index (χ4v) is 1.56. The van der Waals surface area contributed by atoms with Crippen LogP contribution in [-0.4, -0.2) is 22.8 Å². The van der Waals surface area contributed by atoms with Gasteiger partial charge in [0.15, 0.2) is 0 Å². The number of para-hydroxylation sites is 2. The van der Waals surface area contributed by atoms with E-state index in [1.54, 1.807) is 26.3 Å². The number of nitrogens with one attached hydrogen (secondary N) is 1. The quantitative estimate of drug-likeness (QED) is 0.854. The minimum atomic E-state index is -0.315. The van der Waals surface area contributed by atoms with Crippen LogP contribution >= 0.6 is 0 Å². The lowest BCUT2D eigenvalue weighted by molar-refractivity contribution is 0.102. The van der Waals surface area contributed by atoms with Crippen molar-refractivity contribution in [3.63, 3.8) is 0 Å². The van der Waals surface area contributed by atoms with Crippen molar-refractivity contribution in [2.24, 2.45) is 7.05 Å². The lowest BCUT2D eigenvalue weighted by Crippen LogP contribution is -2.14. The van der Waals surface area contributed by atoms with E-state index in [9.17, 15) is 4.79 Å². The summed E-state index contributed by atoms with van der Waals surface area (Å²) in [7, 11) is 3.22. The minimum Gasteiger partial charge on any atom is -0.495 e. The molecule has 0 unspecified atom stereocenters. The van der Waals surface area contributed by atoms with Crippen LogP contribution in [-0.2, 0) is 7.05 Å². The van der Waals surface area contributed by atoms with E-state index in [-0.39, 0.29) is 5.91 Å². The van der Waals surface area contributed by atoms with Crippen molar-refractivity contribution in [1.29, 1.82) is 0 Å². The van der Waals surface area contributed by atoms with Crippen molar-refractivity contribution in [1.82, 2.24) is 9.78 Å². The average Bonchev–Trinajstić information content (AvgIpc) is 2.71. The second kappa shape index (κ2) is 4.79. The monoisotopic (exact) mass is 246 g/mol. The molecule has 1 aromatic carbocycles. The highest BCUT2D eigenvalue weighted by molar-refractivity contribution is 6.07. The van der Waals surface area contributed by atoms with Crippen molar-refractivity contribution in [3.05, 3.63) is 36.0 Å². The van der Waals surface area contributed by atoms with Gasteiger partial charge in [0.1, 0.15) is 17.1 Å². The molecule has 0 aliphatic carbocycles. The number of hydrogen-bond donors (Lipinski definition) is 2. The molecule has 0 radical (unpaired) electrons. The Morgan fingerprint density at radius 3 is 2.78 bits per heavy atom. The molecule has 6 nitrogen and oxygen atoms in total. The fraction of sp³-hybridized carbons (Fsp3) is 0.167. The summed E-state index contributed by atoms with van der Waals surface area (Å²) in [6, 6.07) is 7.16. The molecule has 94 valence electrons. The molecule has 2 rings (SSSR count). The van der Waals surface area contributed by atoms with Crippen LogP contribution < -0.4 is 15.8 Å². The number of methoxy groups -OCH3 is 1. The van der Waals surface area contributed by atoms with Crippen LogP contribution in [0.15, 0.2) is 30.5 Å². The summed E-state index contributed by atoms with van der Waals surface area (Å²) >= 11 is 0. The molecule has 0 atom stereocenters. The molecule has 0 aliphatic rings. The summed E-state index contributed by atoms with van der Waals surface area (Å²) in [6.07, 6.45) is 1.43. The summed E-state index contributed by atoms with van der Waals surface area (Å²) in [6.45, 7) is 0. The maximum atomic E-state index is 12.0. The Hall–Kier alpha value is -2.50. The second-order valence-electron chi connectivity index (χ2n) is 3.72. The van der Waals surface area contributed by atoms with Gasteiger partial charge in [-0.25, -0.2) is 0 Å². The largest absolute Gasteiger partial charge is 0.495 e. The Morgan fingerprint density at radius 2 is 2.17 bits per heavy atom. The lowest BCUT2D eigenvalue weighted by Gasteiger charge is -2.09. The molecule has 0 spiro atoms. The maximum Gasteiger partial charge on any atom is 0.261 e. The number of nitrogens with zero attached hydrogens (tertiary/aromatic N) is 2.